The van der Waals surface area contributed by atoms with Gasteiger partial charge in [-0.05, 0) is 29.7 Å². The van der Waals surface area contributed by atoms with Crippen molar-refractivity contribution in [2.75, 3.05) is 0 Å². The molecule has 0 spiro atoms. The molecule has 0 bridgehead atoms. The third-order valence-electron chi connectivity index (χ3n) is 3.18. The van der Waals surface area contributed by atoms with Gasteiger partial charge in [0.1, 0.15) is 0 Å². The van der Waals surface area contributed by atoms with E-state index in [0.717, 1.165) is 16.3 Å². The fourth-order valence-electron chi connectivity index (χ4n) is 2.20. The Morgan fingerprint density at radius 1 is 1.16 bits per heavy atom. The Balaban J connectivity index is 1.84. The lowest BCUT2D eigenvalue weighted by Crippen LogP contribution is -1.93. The quantitative estimate of drug-likeness (QED) is 0.609. The van der Waals surface area contributed by atoms with Gasteiger partial charge in [0.25, 0.3) is 0 Å². The van der Waals surface area contributed by atoms with Gasteiger partial charge in [-0.25, -0.2) is 4.98 Å². The monoisotopic (exact) mass is 287 g/mol. The second kappa shape index (κ2) is 5.32. The first kappa shape index (κ1) is 12.6. The van der Waals surface area contributed by atoms with E-state index >= 15 is 0 Å². The molecule has 1 atom stereocenters. The molecule has 0 fully saturated rings. The molecule has 0 saturated carbocycles. The second-order valence-corrected chi connectivity index (χ2v) is 6.43. The van der Waals surface area contributed by atoms with Crippen molar-refractivity contribution in [1.82, 2.24) is 4.98 Å². The van der Waals surface area contributed by atoms with Gasteiger partial charge >= 0.3 is 0 Å². The highest BCUT2D eigenvalue weighted by molar-refractivity contribution is 7.11. The van der Waals surface area contributed by atoms with E-state index < -0.39 is 0 Å². The van der Waals surface area contributed by atoms with Crippen LogP contribution < -0.4 is 0 Å². The van der Waals surface area contributed by atoms with Crippen molar-refractivity contribution in [3.8, 4) is 0 Å². The maximum Gasteiger partial charge on any atom is 0.0897 e. The van der Waals surface area contributed by atoms with Crippen molar-refractivity contribution in [2.24, 2.45) is 0 Å². The predicted molar refractivity (Wildman–Crippen MR) is 83.1 cm³/mol. The molecule has 96 valence electrons. The Morgan fingerprint density at radius 3 is 2.68 bits per heavy atom. The van der Waals surface area contributed by atoms with Crippen LogP contribution in [0.1, 0.15) is 20.8 Å². The van der Waals surface area contributed by atoms with Crippen molar-refractivity contribution in [3.63, 3.8) is 0 Å². The summed E-state index contributed by atoms with van der Waals surface area (Å²) in [5.74, 6) is 0. The molecular weight excluding hydrogens is 274 g/mol. The molecule has 0 aliphatic rings. The number of alkyl halides is 1. The molecule has 0 saturated heterocycles. The molecule has 19 heavy (non-hydrogen) atoms. The molecule has 2 aromatic carbocycles. The van der Waals surface area contributed by atoms with Gasteiger partial charge in [-0.3, -0.25) is 0 Å². The number of hydrogen-bond acceptors (Lipinski definition) is 2. The summed E-state index contributed by atoms with van der Waals surface area (Å²) in [4.78, 5) is 5.41. The SMILES string of the molecule is Cc1ncc(C(Cl)Cc2ccc3ccccc3c2)s1. The molecule has 1 heterocycles. The average Bonchev–Trinajstić information content (AvgIpc) is 2.85. The third-order valence-corrected chi connectivity index (χ3v) is 4.72. The average molecular weight is 288 g/mol. The molecule has 1 aromatic heterocycles. The molecule has 0 aliphatic carbocycles. The van der Waals surface area contributed by atoms with E-state index in [1.807, 2.05) is 13.1 Å². The second-order valence-electron chi connectivity index (χ2n) is 4.63. The maximum atomic E-state index is 6.48. The number of aromatic nitrogens is 1. The Kier molecular flexibility index (Phi) is 3.54. The van der Waals surface area contributed by atoms with Gasteiger partial charge in [-0.1, -0.05) is 42.5 Å². The van der Waals surface area contributed by atoms with Crippen LogP contribution in [-0.4, -0.2) is 4.98 Å². The van der Waals surface area contributed by atoms with Crippen LogP contribution in [0.4, 0.5) is 0 Å². The minimum Gasteiger partial charge on any atom is -0.250 e. The zero-order valence-electron chi connectivity index (χ0n) is 10.6. The standard InChI is InChI=1S/C16H14ClNS/c1-11-18-10-16(19-11)15(17)9-12-6-7-13-4-2-3-5-14(13)8-12/h2-8,10,15H,9H2,1H3. The van der Waals surface area contributed by atoms with Crippen LogP contribution in [0.5, 0.6) is 0 Å². The fraction of sp³-hybridized carbons (Fsp3) is 0.188. The number of fused-ring (bicyclic) bond motifs is 1. The van der Waals surface area contributed by atoms with Gasteiger partial charge in [0, 0.05) is 11.1 Å². The van der Waals surface area contributed by atoms with E-state index in [1.54, 1.807) is 11.3 Å². The Bertz CT molecular complexity index is 705. The van der Waals surface area contributed by atoms with E-state index in [2.05, 4.69) is 47.4 Å². The third kappa shape index (κ3) is 2.80. The Hall–Kier alpha value is -1.38. The zero-order chi connectivity index (χ0) is 13.2. The van der Waals surface area contributed by atoms with Crippen LogP contribution in [0, 0.1) is 6.92 Å². The summed E-state index contributed by atoms with van der Waals surface area (Å²) in [5, 5.41) is 3.61. The lowest BCUT2D eigenvalue weighted by Gasteiger charge is -2.08. The molecule has 3 aromatic rings. The molecular formula is C16H14ClNS. The smallest absolute Gasteiger partial charge is 0.0897 e. The van der Waals surface area contributed by atoms with Crippen molar-refractivity contribution in [1.29, 1.82) is 0 Å². The molecule has 3 rings (SSSR count). The largest absolute Gasteiger partial charge is 0.250 e. The number of halogens is 1. The molecule has 0 radical (unpaired) electrons. The van der Waals surface area contributed by atoms with Crippen molar-refractivity contribution < 1.29 is 0 Å². The molecule has 3 heteroatoms. The predicted octanol–water partition coefficient (Wildman–Crippen LogP) is 5.13. The van der Waals surface area contributed by atoms with Gasteiger partial charge in [0.2, 0.25) is 0 Å². The minimum atomic E-state index is 0.00682. The minimum absolute atomic E-state index is 0.00682. The Labute approximate surface area is 121 Å². The van der Waals surface area contributed by atoms with Crippen LogP contribution >= 0.6 is 22.9 Å². The summed E-state index contributed by atoms with van der Waals surface area (Å²) in [5.41, 5.74) is 1.27. The van der Waals surface area contributed by atoms with E-state index in [-0.39, 0.29) is 5.38 Å². The van der Waals surface area contributed by atoms with E-state index in [0.29, 0.717) is 0 Å². The van der Waals surface area contributed by atoms with Crippen molar-refractivity contribution in [2.45, 2.75) is 18.7 Å². The van der Waals surface area contributed by atoms with Crippen molar-refractivity contribution in [3.05, 3.63) is 64.1 Å². The first-order valence-electron chi connectivity index (χ1n) is 6.26. The van der Waals surface area contributed by atoms with Gasteiger partial charge < -0.3 is 0 Å². The van der Waals surface area contributed by atoms with Gasteiger partial charge in [0.15, 0.2) is 0 Å². The number of hydrogen-bond donors (Lipinski definition) is 0. The topological polar surface area (TPSA) is 12.9 Å². The van der Waals surface area contributed by atoms with E-state index in [4.69, 9.17) is 11.6 Å². The molecule has 0 amide bonds. The highest BCUT2D eigenvalue weighted by Gasteiger charge is 2.12. The fourth-order valence-corrected chi connectivity index (χ4v) is 3.33. The molecule has 0 aliphatic heterocycles. The van der Waals surface area contributed by atoms with Gasteiger partial charge in [-0.15, -0.1) is 22.9 Å². The first-order valence-corrected chi connectivity index (χ1v) is 7.52. The lowest BCUT2D eigenvalue weighted by atomic mass is 10.0. The number of benzene rings is 2. The van der Waals surface area contributed by atoms with Crippen LogP contribution in [0.3, 0.4) is 0 Å². The first-order chi connectivity index (χ1) is 9.22. The van der Waals surface area contributed by atoms with E-state index in [9.17, 15) is 0 Å². The zero-order valence-corrected chi connectivity index (χ0v) is 12.2. The van der Waals surface area contributed by atoms with Crippen molar-refractivity contribution >= 4 is 33.7 Å². The summed E-state index contributed by atoms with van der Waals surface area (Å²) >= 11 is 8.15. The van der Waals surface area contributed by atoms with Gasteiger partial charge in [0.05, 0.1) is 10.4 Å². The summed E-state index contributed by atoms with van der Waals surface area (Å²) in [6.45, 7) is 2.01. The van der Waals surface area contributed by atoms with Crippen LogP contribution in [0.15, 0.2) is 48.7 Å². The number of rotatable bonds is 3. The van der Waals surface area contributed by atoms with Gasteiger partial charge in [-0.2, -0.15) is 0 Å². The normalized spacial score (nSPS) is 12.7. The summed E-state index contributed by atoms with van der Waals surface area (Å²) in [7, 11) is 0. The highest BCUT2D eigenvalue weighted by atomic mass is 35.5. The van der Waals surface area contributed by atoms with Crippen LogP contribution in [0.25, 0.3) is 10.8 Å². The highest BCUT2D eigenvalue weighted by Crippen LogP contribution is 2.30. The number of aryl methyl sites for hydroxylation is 1. The lowest BCUT2D eigenvalue weighted by molar-refractivity contribution is 0.937. The molecule has 1 unspecified atom stereocenters. The summed E-state index contributed by atoms with van der Waals surface area (Å²) < 4.78 is 0. The number of nitrogens with zero attached hydrogens (tertiary/aromatic N) is 1. The van der Waals surface area contributed by atoms with Crippen LogP contribution in [-0.2, 0) is 6.42 Å². The summed E-state index contributed by atoms with van der Waals surface area (Å²) in [6, 6.07) is 14.9. The van der Waals surface area contributed by atoms with Crippen LogP contribution in [0.2, 0.25) is 0 Å². The van der Waals surface area contributed by atoms with E-state index in [1.165, 1.54) is 16.3 Å². The summed E-state index contributed by atoms with van der Waals surface area (Å²) in [6.07, 6.45) is 2.73. The Morgan fingerprint density at radius 2 is 1.95 bits per heavy atom. The molecule has 1 nitrogen and oxygen atoms in total. The number of thiazole rings is 1. The molecule has 0 N–H and O–H groups in total. The maximum absolute atomic E-state index is 6.48.